The van der Waals surface area contributed by atoms with Crippen molar-refractivity contribution in [2.24, 2.45) is 11.8 Å². The van der Waals surface area contributed by atoms with Crippen molar-refractivity contribution >= 4 is 11.8 Å². The van der Waals surface area contributed by atoms with E-state index < -0.39 is 6.10 Å². The minimum Gasteiger partial charge on any atom is -0.481 e. The number of piperidine rings is 1. The van der Waals surface area contributed by atoms with E-state index in [1.807, 2.05) is 31.2 Å². The van der Waals surface area contributed by atoms with Gasteiger partial charge >= 0.3 is 0 Å². The van der Waals surface area contributed by atoms with Crippen molar-refractivity contribution < 1.29 is 14.3 Å². The van der Waals surface area contributed by atoms with Gasteiger partial charge in [0.2, 0.25) is 5.91 Å². The number of aryl methyl sites for hydroxylation is 1. The van der Waals surface area contributed by atoms with Crippen LogP contribution in [0.2, 0.25) is 0 Å². The van der Waals surface area contributed by atoms with Crippen LogP contribution in [0.25, 0.3) is 0 Å². The van der Waals surface area contributed by atoms with E-state index in [-0.39, 0.29) is 17.7 Å². The van der Waals surface area contributed by atoms with Crippen molar-refractivity contribution in [1.82, 2.24) is 10.3 Å². The van der Waals surface area contributed by atoms with E-state index in [1.165, 1.54) is 0 Å². The molecule has 6 heteroatoms. The quantitative estimate of drug-likeness (QED) is 0.493. The summed E-state index contributed by atoms with van der Waals surface area (Å²) < 4.78 is 5.72. The smallest absolute Gasteiger partial charge is 0.263 e. The summed E-state index contributed by atoms with van der Waals surface area (Å²) >= 11 is 0. The first-order valence-electron chi connectivity index (χ1n) is 7.54. The number of hydrogen-bond acceptors (Lipinski definition) is 4. The van der Waals surface area contributed by atoms with E-state index in [0.29, 0.717) is 31.7 Å². The summed E-state index contributed by atoms with van der Waals surface area (Å²) in [5, 5.41) is 0. The van der Waals surface area contributed by atoms with Crippen LogP contribution in [0.4, 0.5) is 0 Å². The van der Waals surface area contributed by atoms with Gasteiger partial charge < -0.3 is 9.64 Å². The Hall–Kier alpha value is -2.08. The Kier molecular flexibility index (Phi) is 5.38. The number of carbonyl (C=O) groups is 2. The van der Waals surface area contributed by atoms with Crippen LogP contribution in [0, 0.1) is 12.8 Å². The first kappa shape index (κ1) is 16.3. The van der Waals surface area contributed by atoms with Gasteiger partial charge in [-0.3, -0.25) is 15.0 Å². The number of hydrazine groups is 1. The molecule has 3 N–H and O–H groups in total. The summed E-state index contributed by atoms with van der Waals surface area (Å²) in [7, 11) is 0. The van der Waals surface area contributed by atoms with Crippen LogP contribution < -0.4 is 16.0 Å². The Morgan fingerprint density at radius 2 is 2.05 bits per heavy atom. The number of nitrogens with one attached hydrogen (secondary N) is 1. The molecular weight excluding hydrogens is 282 g/mol. The molecule has 1 aliphatic heterocycles. The monoisotopic (exact) mass is 305 g/mol. The van der Waals surface area contributed by atoms with Crippen molar-refractivity contribution in [3.63, 3.8) is 0 Å². The maximum atomic E-state index is 12.4. The SMILES string of the molecule is Cc1cccc(OC(C)C(=O)N2CCC(C(=O)NN)CC2)c1. The van der Waals surface area contributed by atoms with Crippen molar-refractivity contribution in [2.45, 2.75) is 32.8 Å². The fourth-order valence-electron chi connectivity index (χ4n) is 2.68. The van der Waals surface area contributed by atoms with E-state index in [0.717, 1.165) is 5.56 Å². The predicted molar refractivity (Wildman–Crippen MR) is 82.9 cm³/mol. The average Bonchev–Trinajstić information content (AvgIpc) is 2.53. The van der Waals surface area contributed by atoms with Gasteiger partial charge in [-0.05, 0) is 44.4 Å². The second-order valence-electron chi connectivity index (χ2n) is 5.68. The molecule has 0 spiro atoms. The fourth-order valence-corrected chi connectivity index (χ4v) is 2.68. The maximum absolute atomic E-state index is 12.4. The first-order chi connectivity index (χ1) is 10.5. The highest BCUT2D eigenvalue weighted by Crippen LogP contribution is 2.19. The summed E-state index contributed by atoms with van der Waals surface area (Å²) in [6.07, 6.45) is 0.722. The van der Waals surface area contributed by atoms with Crippen molar-refractivity contribution in [2.75, 3.05) is 13.1 Å². The third kappa shape index (κ3) is 3.98. The molecule has 0 aromatic heterocycles. The summed E-state index contributed by atoms with van der Waals surface area (Å²) in [6, 6.07) is 7.63. The third-order valence-electron chi connectivity index (χ3n) is 3.97. The minimum absolute atomic E-state index is 0.0480. The highest BCUT2D eigenvalue weighted by Gasteiger charge is 2.29. The molecule has 0 bridgehead atoms. The molecule has 22 heavy (non-hydrogen) atoms. The number of amides is 2. The second-order valence-corrected chi connectivity index (χ2v) is 5.68. The topological polar surface area (TPSA) is 84.7 Å². The van der Waals surface area contributed by atoms with E-state index in [9.17, 15) is 9.59 Å². The number of carbonyl (C=O) groups excluding carboxylic acids is 2. The Labute approximate surface area is 130 Å². The number of nitrogens with two attached hydrogens (primary N) is 1. The predicted octanol–water partition coefficient (Wildman–Crippen LogP) is 0.991. The van der Waals surface area contributed by atoms with Gasteiger partial charge in [-0.1, -0.05) is 12.1 Å². The van der Waals surface area contributed by atoms with Gasteiger partial charge in [-0.25, -0.2) is 5.84 Å². The van der Waals surface area contributed by atoms with Gasteiger partial charge in [-0.15, -0.1) is 0 Å². The molecule has 1 atom stereocenters. The lowest BCUT2D eigenvalue weighted by atomic mass is 9.96. The van der Waals surface area contributed by atoms with Crippen LogP contribution in [0.1, 0.15) is 25.3 Å². The van der Waals surface area contributed by atoms with Crippen LogP contribution in [0.3, 0.4) is 0 Å². The molecule has 1 unspecified atom stereocenters. The van der Waals surface area contributed by atoms with Gasteiger partial charge in [0.25, 0.3) is 5.91 Å². The highest BCUT2D eigenvalue weighted by atomic mass is 16.5. The van der Waals surface area contributed by atoms with E-state index in [2.05, 4.69) is 5.43 Å². The fraction of sp³-hybridized carbons (Fsp3) is 0.500. The highest BCUT2D eigenvalue weighted by molar-refractivity contribution is 5.82. The molecular formula is C16H23N3O3. The molecule has 1 aliphatic rings. The molecule has 1 saturated heterocycles. The number of rotatable bonds is 4. The molecule has 1 fully saturated rings. The average molecular weight is 305 g/mol. The molecule has 1 aromatic rings. The normalized spacial score (nSPS) is 17.0. The molecule has 1 aromatic carbocycles. The zero-order chi connectivity index (χ0) is 16.1. The third-order valence-corrected chi connectivity index (χ3v) is 3.97. The van der Waals surface area contributed by atoms with Crippen molar-refractivity contribution in [1.29, 1.82) is 0 Å². The molecule has 6 nitrogen and oxygen atoms in total. The zero-order valence-electron chi connectivity index (χ0n) is 13.0. The van der Waals surface area contributed by atoms with Crippen LogP contribution >= 0.6 is 0 Å². The van der Waals surface area contributed by atoms with Crippen LogP contribution in [-0.4, -0.2) is 35.9 Å². The molecule has 2 amide bonds. The summed E-state index contributed by atoms with van der Waals surface area (Å²) in [4.78, 5) is 25.6. The minimum atomic E-state index is -0.540. The second kappa shape index (κ2) is 7.26. The molecule has 0 saturated carbocycles. The number of hydrogen-bond donors (Lipinski definition) is 2. The summed E-state index contributed by atoms with van der Waals surface area (Å²) in [6.45, 7) is 4.84. The summed E-state index contributed by atoms with van der Waals surface area (Å²) in [5.74, 6) is 5.52. The lowest BCUT2D eigenvalue weighted by Crippen LogP contribution is -2.47. The van der Waals surface area contributed by atoms with Gasteiger partial charge in [-0.2, -0.15) is 0 Å². The van der Waals surface area contributed by atoms with Crippen LogP contribution in [0.15, 0.2) is 24.3 Å². The zero-order valence-corrected chi connectivity index (χ0v) is 13.0. The van der Waals surface area contributed by atoms with Gasteiger partial charge in [0.1, 0.15) is 5.75 Å². The number of nitrogens with zero attached hydrogens (tertiary/aromatic N) is 1. The lowest BCUT2D eigenvalue weighted by molar-refractivity contribution is -0.141. The maximum Gasteiger partial charge on any atom is 0.263 e. The Morgan fingerprint density at radius 1 is 1.36 bits per heavy atom. The largest absolute Gasteiger partial charge is 0.481 e. The lowest BCUT2D eigenvalue weighted by Gasteiger charge is -2.32. The molecule has 0 aliphatic carbocycles. The van der Waals surface area contributed by atoms with E-state index in [4.69, 9.17) is 10.6 Å². The van der Waals surface area contributed by atoms with Crippen LogP contribution in [0.5, 0.6) is 5.75 Å². The summed E-state index contributed by atoms with van der Waals surface area (Å²) in [5.41, 5.74) is 3.26. The van der Waals surface area contributed by atoms with E-state index in [1.54, 1.807) is 11.8 Å². The standard InChI is InChI=1S/C16H23N3O3/c1-11-4-3-5-14(10-11)22-12(2)16(21)19-8-6-13(7-9-19)15(20)18-17/h3-5,10,12-13H,6-9,17H2,1-2H3,(H,18,20). The first-order valence-corrected chi connectivity index (χ1v) is 7.54. The number of ether oxygens (including phenoxy) is 1. The van der Waals surface area contributed by atoms with Crippen molar-refractivity contribution in [3.8, 4) is 5.75 Å². The van der Waals surface area contributed by atoms with Crippen LogP contribution in [-0.2, 0) is 9.59 Å². The molecule has 2 rings (SSSR count). The Morgan fingerprint density at radius 3 is 2.64 bits per heavy atom. The Bertz CT molecular complexity index is 539. The number of likely N-dealkylation sites (tertiary alicyclic amines) is 1. The Balaban J connectivity index is 1.88. The van der Waals surface area contributed by atoms with E-state index >= 15 is 0 Å². The van der Waals surface area contributed by atoms with Gasteiger partial charge in [0.05, 0.1) is 0 Å². The molecule has 120 valence electrons. The molecule has 1 heterocycles. The van der Waals surface area contributed by atoms with Gasteiger partial charge in [0.15, 0.2) is 6.10 Å². The van der Waals surface area contributed by atoms with Crippen molar-refractivity contribution in [3.05, 3.63) is 29.8 Å². The van der Waals surface area contributed by atoms with Gasteiger partial charge in [0, 0.05) is 19.0 Å². The molecule has 0 radical (unpaired) electrons. The number of benzene rings is 1.